The molecule has 2 heterocycles. The third-order valence-electron chi connectivity index (χ3n) is 6.35. The zero-order valence-electron chi connectivity index (χ0n) is 16.8. The molecule has 1 unspecified atom stereocenters. The summed E-state index contributed by atoms with van der Waals surface area (Å²) >= 11 is 6.02. The van der Waals surface area contributed by atoms with Crippen LogP contribution in [0.15, 0.2) is 42.2 Å². The molecule has 0 spiro atoms. The largest absolute Gasteiger partial charge is 0.508 e. The normalized spacial score (nSPS) is 29.5. The molecule has 2 aliphatic heterocycles. The van der Waals surface area contributed by atoms with E-state index in [-0.39, 0.29) is 40.8 Å². The van der Waals surface area contributed by atoms with Crippen LogP contribution in [0.4, 0.5) is 18.9 Å². The van der Waals surface area contributed by atoms with Gasteiger partial charge in [-0.1, -0.05) is 17.7 Å². The fourth-order valence-corrected chi connectivity index (χ4v) is 4.98. The number of alkyl halides is 3. The number of allylic oxidation sites excluding steroid dienone is 3. The van der Waals surface area contributed by atoms with Crippen molar-refractivity contribution in [1.82, 2.24) is 4.90 Å². The maximum atomic E-state index is 15.0. The average molecular weight is 457 g/mol. The van der Waals surface area contributed by atoms with Crippen LogP contribution in [0.2, 0.25) is 5.02 Å². The lowest BCUT2D eigenvalue weighted by atomic mass is 9.79. The van der Waals surface area contributed by atoms with Crippen LogP contribution >= 0.6 is 11.6 Å². The third-order valence-corrected chi connectivity index (χ3v) is 6.64. The van der Waals surface area contributed by atoms with Gasteiger partial charge >= 0.3 is 6.61 Å². The molecule has 0 aromatic heterocycles. The molecular weight excluding hydrogens is 433 g/mol. The van der Waals surface area contributed by atoms with E-state index in [9.17, 15) is 18.7 Å². The van der Waals surface area contributed by atoms with Crippen LogP contribution in [-0.4, -0.2) is 54.4 Å². The first-order chi connectivity index (χ1) is 14.8. The molecule has 1 aromatic rings. The summed E-state index contributed by atoms with van der Waals surface area (Å²) in [5.41, 5.74) is 0.504. The maximum Gasteiger partial charge on any atom is 0.387 e. The third kappa shape index (κ3) is 4.70. The first kappa shape index (κ1) is 22.0. The number of hydrogen-bond acceptors (Lipinski definition) is 4. The highest BCUT2D eigenvalue weighted by Crippen LogP contribution is 2.36. The van der Waals surface area contributed by atoms with E-state index in [1.165, 1.54) is 18.2 Å². The van der Waals surface area contributed by atoms with Crippen molar-refractivity contribution < 1.29 is 27.8 Å². The van der Waals surface area contributed by atoms with Gasteiger partial charge in [-0.15, -0.1) is 0 Å². The minimum atomic E-state index is -2.98. The van der Waals surface area contributed by atoms with Gasteiger partial charge < -0.3 is 14.7 Å². The number of rotatable bonds is 5. The summed E-state index contributed by atoms with van der Waals surface area (Å²) in [6, 6.07) is 3.85. The number of carbonyl (C=O) groups is 1. The summed E-state index contributed by atoms with van der Waals surface area (Å²) in [5, 5.41) is 9.48. The number of aliphatic hydroxyl groups excluding tert-OH is 1. The second-order valence-electron chi connectivity index (χ2n) is 8.14. The number of likely N-dealkylation sites (tertiary alicyclic amines) is 1. The van der Waals surface area contributed by atoms with E-state index < -0.39 is 18.8 Å². The van der Waals surface area contributed by atoms with Crippen molar-refractivity contribution in [2.75, 3.05) is 24.5 Å². The molecule has 0 saturated carbocycles. The number of ether oxygens (including phenoxy) is 1. The fraction of sp³-hybridized carbons (Fsp3) is 0.500. The molecule has 1 aliphatic carbocycles. The molecule has 0 radical (unpaired) electrons. The molecular formula is C22H24ClF3N2O3. The maximum absolute atomic E-state index is 15.0. The van der Waals surface area contributed by atoms with E-state index in [1.807, 2.05) is 11.0 Å². The molecule has 4 rings (SSSR count). The number of aliphatic hydroxyl groups is 1. The van der Waals surface area contributed by atoms with E-state index in [2.05, 4.69) is 4.74 Å². The van der Waals surface area contributed by atoms with Crippen LogP contribution in [0.5, 0.6) is 5.75 Å². The Hall–Kier alpha value is -2.19. The Morgan fingerprint density at radius 1 is 1.23 bits per heavy atom. The van der Waals surface area contributed by atoms with Crippen LogP contribution in [0, 0.1) is 11.8 Å². The molecule has 0 bridgehead atoms. The van der Waals surface area contributed by atoms with E-state index in [0.717, 1.165) is 0 Å². The monoisotopic (exact) mass is 456 g/mol. The highest BCUT2D eigenvalue weighted by molar-refractivity contribution is 6.32. The van der Waals surface area contributed by atoms with Crippen molar-refractivity contribution in [1.29, 1.82) is 0 Å². The van der Waals surface area contributed by atoms with Gasteiger partial charge in [0.2, 0.25) is 5.91 Å². The summed E-state index contributed by atoms with van der Waals surface area (Å²) in [5.74, 6) is -0.152. The lowest BCUT2D eigenvalue weighted by Crippen LogP contribution is -2.51. The zero-order chi connectivity index (χ0) is 22.1. The van der Waals surface area contributed by atoms with Crippen LogP contribution < -0.4 is 9.64 Å². The van der Waals surface area contributed by atoms with Crippen LogP contribution in [-0.2, 0) is 4.79 Å². The van der Waals surface area contributed by atoms with Crippen molar-refractivity contribution in [2.24, 2.45) is 11.8 Å². The first-order valence-corrected chi connectivity index (χ1v) is 10.7. The second-order valence-corrected chi connectivity index (χ2v) is 8.55. The topological polar surface area (TPSA) is 53.0 Å². The van der Waals surface area contributed by atoms with Gasteiger partial charge in [0, 0.05) is 18.8 Å². The number of piperidine rings is 1. The van der Waals surface area contributed by atoms with Gasteiger partial charge in [-0.25, -0.2) is 4.39 Å². The Bertz CT molecular complexity index is 895. The lowest BCUT2D eigenvalue weighted by molar-refractivity contribution is -0.122. The molecule has 31 heavy (non-hydrogen) atoms. The van der Waals surface area contributed by atoms with Gasteiger partial charge in [0.05, 0.1) is 11.1 Å². The number of carbonyl (C=O) groups excluding carboxylic acids is 1. The molecule has 1 amide bonds. The van der Waals surface area contributed by atoms with Gasteiger partial charge in [-0.2, -0.15) is 8.78 Å². The first-order valence-electron chi connectivity index (χ1n) is 10.3. The second kappa shape index (κ2) is 9.12. The molecule has 168 valence electrons. The Morgan fingerprint density at radius 2 is 2.03 bits per heavy atom. The minimum absolute atomic E-state index is 0.000639. The molecule has 3 aliphatic rings. The summed E-state index contributed by atoms with van der Waals surface area (Å²) in [4.78, 5) is 16.5. The van der Waals surface area contributed by atoms with E-state index in [0.29, 0.717) is 38.0 Å². The predicted molar refractivity (Wildman–Crippen MR) is 111 cm³/mol. The van der Waals surface area contributed by atoms with Gasteiger partial charge in [0.15, 0.2) is 0 Å². The number of nitrogens with zero attached hydrogens (tertiary/aromatic N) is 2. The predicted octanol–water partition coefficient (Wildman–Crippen LogP) is 4.72. The average Bonchev–Trinajstić information content (AvgIpc) is 3.11. The standard InChI is InChI=1S/C22H24ClF3N2O3/c23-17-11-14(3-6-20(17)31-22(25)26)28-10-8-19(21(28)30)27-9-7-16(18(24)12-27)13-1-4-15(29)5-2-13/h1,3-6,11,13,16,18-19,22,29H,2,7-10,12H2/t13?,16-,18+,19-/m0/s1. The van der Waals surface area contributed by atoms with Crippen molar-refractivity contribution in [3.05, 3.63) is 47.2 Å². The SMILES string of the molecule is O=C1[C@@H](N2CC[C@@H](C3C=CC(O)=CC3)[C@H](F)C2)CCN1c1ccc(OC(F)F)c(Cl)c1. The zero-order valence-corrected chi connectivity index (χ0v) is 17.5. The van der Waals surface area contributed by atoms with Gasteiger partial charge in [0.25, 0.3) is 0 Å². The van der Waals surface area contributed by atoms with Crippen LogP contribution in [0.25, 0.3) is 0 Å². The lowest BCUT2D eigenvalue weighted by Gasteiger charge is -2.40. The summed E-state index contributed by atoms with van der Waals surface area (Å²) < 4.78 is 44.2. The van der Waals surface area contributed by atoms with Gasteiger partial charge in [0.1, 0.15) is 17.7 Å². The number of amides is 1. The molecule has 2 saturated heterocycles. The molecule has 9 heteroatoms. The van der Waals surface area contributed by atoms with Crippen molar-refractivity contribution in [3.8, 4) is 5.75 Å². The van der Waals surface area contributed by atoms with Crippen LogP contribution in [0.1, 0.15) is 19.3 Å². The van der Waals surface area contributed by atoms with E-state index in [4.69, 9.17) is 11.6 Å². The summed E-state index contributed by atoms with van der Waals surface area (Å²) in [7, 11) is 0. The highest BCUT2D eigenvalue weighted by atomic mass is 35.5. The van der Waals surface area contributed by atoms with Gasteiger partial charge in [-0.05, 0) is 68.0 Å². The summed E-state index contributed by atoms with van der Waals surface area (Å²) in [6.45, 7) is -1.72. The number of anilines is 1. The van der Waals surface area contributed by atoms with Crippen molar-refractivity contribution in [3.63, 3.8) is 0 Å². The molecule has 5 nitrogen and oxygen atoms in total. The smallest absolute Gasteiger partial charge is 0.387 e. The van der Waals surface area contributed by atoms with Crippen LogP contribution in [0.3, 0.4) is 0 Å². The Kier molecular flexibility index (Phi) is 6.48. The minimum Gasteiger partial charge on any atom is -0.508 e. The fourth-order valence-electron chi connectivity index (χ4n) is 4.76. The van der Waals surface area contributed by atoms with Crippen molar-refractivity contribution in [2.45, 2.75) is 38.1 Å². The Morgan fingerprint density at radius 3 is 2.68 bits per heavy atom. The van der Waals surface area contributed by atoms with Crippen molar-refractivity contribution >= 4 is 23.2 Å². The quantitative estimate of drug-likeness (QED) is 0.696. The molecule has 1 aromatic carbocycles. The molecule has 2 fully saturated rings. The van der Waals surface area contributed by atoms with E-state index in [1.54, 1.807) is 17.1 Å². The molecule has 1 N–H and O–H groups in total. The number of hydrogen-bond donors (Lipinski definition) is 1. The summed E-state index contributed by atoms with van der Waals surface area (Å²) in [6.07, 6.45) is 5.97. The van der Waals surface area contributed by atoms with Gasteiger partial charge in [-0.3, -0.25) is 9.69 Å². The highest BCUT2D eigenvalue weighted by Gasteiger charge is 2.42. The Balaban J connectivity index is 1.38. The molecule has 4 atom stereocenters. The Labute approximate surface area is 183 Å². The number of benzene rings is 1. The van der Waals surface area contributed by atoms with E-state index >= 15 is 4.39 Å². The number of halogens is 4.